The Morgan fingerprint density at radius 2 is 2.05 bits per heavy atom. The zero-order chi connectivity index (χ0) is 14.9. The molecule has 0 unspecified atom stereocenters. The number of benzene rings is 1. The fourth-order valence-electron chi connectivity index (χ4n) is 1.81. The minimum atomic E-state index is -3.26. The van der Waals surface area contributed by atoms with Crippen LogP contribution in [0.3, 0.4) is 0 Å². The second-order valence-electron chi connectivity index (χ2n) is 4.57. The van der Waals surface area contributed by atoms with Gasteiger partial charge in [-0.3, -0.25) is 0 Å². The molecule has 2 rings (SSSR count). The lowest BCUT2D eigenvalue weighted by molar-refractivity contribution is 0.392. The van der Waals surface area contributed by atoms with Crippen molar-refractivity contribution in [3.05, 3.63) is 40.2 Å². The van der Waals surface area contributed by atoms with Crippen LogP contribution < -0.4 is 5.32 Å². The van der Waals surface area contributed by atoms with Crippen molar-refractivity contribution in [2.24, 2.45) is 0 Å². The fourth-order valence-corrected chi connectivity index (χ4v) is 2.64. The van der Waals surface area contributed by atoms with Crippen molar-refractivity contribution in [2.75, 3.05) is 11.6 Å². The van der Waals surface area contributed by atoms with E-state index < -0.39 is 9.84 Å². The molecule has 20 heavy (non-hydrogen) atoms. The molecule has 0 bridgehead atoms. The lowest BCUT2D eigenvalue weighted by atomic mass is 10.2. The van der Waals surface area contributed by atoms with E-state index in [-0.39, 0.29) is 4.90 Å². The maximum atomic E-state index is 11.5. The Hall–Kier alpha value is -1.53. The average Bonchev–Trinajstić information content (AvgIpc) is 2.67. The van der Waals surface area contributed by atoms with Crippen LogP contribution in [0.4, 0.5) is 5.69 Å². The first-order valence-corrected chi connectivity index (χ1v) is 8.21. The van der Waals surface area contributed by atoms with Gasteiger partial charge in [-0.05, 0) is 32.0 Å². The lowest BCUT2D eigenvalue weighted by Gasteiger charge is -2.09. The first-order valence-electron chi connectivity index (χ1n) is 5.94. The van der Waals surface area contributed by atoms with E-state index in [9.17, 15) is 8.42 Å². The number of halogens is 1. The van der Waals surface area contributed by atoms with E-state index in [1.165, 1.54) is 12.1 Å². The smallest absolute Gasteiger partial charge is 0.175 e. The highest BCUT2D eigenvalue weighted by Gasteiger charge is 2.12. The standard InChI is InChI=1S/C13H15ClN2O3S/c1-8-11(9(2)19-16-8)7-15-13-6-10(20(3,17)18)4-5-12(13)14/h4-6,15H,7H2,1-3H3. The summed E-state index contributed by atoms with van der Waals surface area (Å²) in [5.74, 6) is 0.727. The summed E-state index contributed by atoms with van der Waals surface area (Å²) in [5, 5.41) is 7.44. The van der Waals surface area contributed by atoms with E-state index in [1.807, 2.05) is 13.8 Å². The van der Waals surface area contributed by atoms with Gasteiger partial charge in [0, 0.05) is 18.4 Å². The van der Waals surface area contributed by atoms with Gasteiger partial charge in [-0.15, -0.1) is 0 Å². The van der Waals surface area contributed by atoms with Crippen LogP contribution in [0.2, 0.25) is 5.02 Å². The molecule has 108 valence electrons. The number of aryl methyl sites for hydroxylation is 2. The first kappa shape index (κ1) is 14.9. The molecule has 0 amide bonds. The van der Waals surface area contributed by atoms with Crippen molar-refractivity contribution in [2.45, 2.75) is 25.3 Å². The molecule has 0 aliphatic rings. The van der Waals surface area contributed by atoms with Crippen LogP contribution in [-0.4, -0.2) is 19.8 Å². The average molecular weight is 315 g/mol. The first-order chi connectivity index (χ1) is 9.29. The van der Waals surface area contributed by atoms with Gasteiger partial charge in [0.05, 0.1) is 21.3 Å². The van der Waals surface area contributed by atoms with Crippen molar-refractivity contribution in [1.82, 2.24) is 5.16 Å². The molecule has 0 fully saturated rings. The third-order valence-corrected chi connectivity index (χ3v) is 4.44. The molecule has 0 atom stereocenters. The summed E-state index contributed by atoms with van der Waals surface area (Å²) in [5.41, 5.74) is 2.30. The second-order valence-corrected chi connectivity index (χ2v) is 6.99. The SMILES string of the molecule is Cc1noc(C)c1CNc1cc(S(C)(=O)=O)ccc1Cl. The lowest BCUT2D eigenvalue weighted by Crippen LogP contribution is -2.04. The van der Waals surface area contributed by atoms with Crippen LogP contribution in [0.1, 0.15) is 17.0 Å². The van der Waals surface area contributed by atoms with Gasteiger partial charge < -0.3 is 9.84 Å². The van der Waals surface area contributed by atoms with Gasteiger partial charge in [0.1, 0.15) is 5.76 Å². The predicted molar refractivity (Wildman–Crippen MR) is 77.9 cm³/mol. The van der Waals surface area contributed by atoms with Gasteiger partial charge in [-0.1, -0.05) is 16.8 Å². The van der Waals surface area contributed by atoms with E-state index in [0.717, 1.165) is 23.3 Å². The van der Waals surface area contributed by atoms with Crippen molar-refractivity contribution in [1.29, 1.82) is 0 Å². The molecule has 1 N–H and O–H groups in total. The van der Waals surface area contributed by atoms with Crippen LogP contribution in [0, 0.1) is 13.8 Å². The largest absolute Gasteiger partial charge is 0.380 e. The van der Waals surface area contributed by atoms with Crippen LogP contribution in [-0.2, 0) is 16.4 Å². The highest BCUT2D eigenvalue weighted by Crippen LogP contribution is 2.26. The quantitative estimate of drug-likeness (QED) is 0.939. The Balaban J connectivity index is 2.26. The van der Waals surface area contributed by atoms with E-state index in [4.69, 9.17) is 16.1 Å². The molecule has 0 saturated heterocycles. The van der Waals surface area contributed by atoms with E-state index in [2.05, 4.69) is 10.5 Å². The summed E-state index contributed by atoms with van der Waals surface area (Å²) >= 11 is 6.07. The van der Waals surface area contributed by atoms with Crippen LogP contribution in [0.5, 0.6) is 0 Å². The molecular formula is C13H15ClN2O3S. The minimum absolute atomic E-state index is 0.225. The molecule has 2 aromatic rings. The Labute approximate surface area is 122 Å². The zero-order valence-electron chi connectivity index (χ0n) is 11.4. The molecule has 0 aliphatic heterocycles. The number of anilines is 1. The molecule has 7 heteroatoms. The van der Waals surface area contributed by atoms with Gasteiger partial charge in [0.25, 0.3) is 0 Å². The highest BCUT2D eigenvalue weighted by molar-refractivity contribution is 7.90. The summed E-state index contributed by atoms with van der Waals surface area (Å²) in [6.07, 6.45) is 1.16. The molecule has 5 nitrogen and oxygen atoms in total. The van der Waals surface area contributed by atoms with Crippen molar-refractivity contribution >= 4 is 27.1 Å². The third kappa shape index (κ3) is 3.13. The number of sulfone groups is 1. The molecule has 1 aromatic heterocycles. The summed E-state index contributed by atoms with van der Waals surface area (Å²) in [6, 6.07) is 4.57. The van der Waals surface area contributed by atoms with E-state index in [1.54, 1.807) is 6.07 Å². The maximum Gasteiger partial charge on any atom is 0.175 e. The number of nitrogens with zero attached hydrogens (tertiary/aromatic N) is 1. The predicted octanol–water partition coefficient (Wildman–Crippen LogP) is 2.96. The number of nitrogens with one attached hydrogen (secondary N) is 1. The molecule has 1 heterocycles. The van der Waals surface area contributed by atoms with Crippen LogP contribution in [0.25, 0.3) is 0 Å². The molecule has 0 radical (unpaired) electrons. The van der Waals surface area contributed by atoms with Crippen LogP contribution >= 0.6 is 11.6 Å². The topological polar surface area (TPSA) is 72.2 Å². The Kier molecular flexibility index (Phi) is 4.06. The second kappa shape index (κ2) is 5.46. The molecular weight excluding hydrogens is 300 g/mol. The summed E-state index contributed by atoms with van der Waals surface area (Å²) in [4.78, 5) is 0.225. The monoisotopic (exact) mass is 314 g/mol. The van der Waals surface area contributed by atoms with Crippen molar-refractivity contribution in [3.63, 3.8) is 0 Å². The van der Waals surface area contributed by atoms with Gasteiger partial charge in [-0.25, -0.2) is 8.42 Å². The van der Waals surface area contributed by atoms with Gasteiger partial charge in [0.15, 0.2) is 9.84 Å². The zero-order valence-corrected chi connectivity index (χ0v) is 13.0. The third-order valence-electron chi connectivity index (χ3n) is 3.00. The summed E-state index contributed by atoms with van der Waals surface area (Å²) in [7, 11) is -3.26. The van der Waals surface area contributed by atoms with Crippen molar-refractivity contribution < 1.29 is 12.9 Å². The van der Waals surface area contributed by atoms with Crippen LogP contribution in [0.15, 0.2) is 27.6 Å². The molecule has 0 saturated carbocycles. The number of rotatable bonds is 4. The number of hydrogen-bond donors (Lipinski definition) is 1. The molecule has 1 aromatic carbocycles. The van der Waals surface area contributed by atoms with E-state index >= 15 is 0 Å². The fraction of sp³-hybridized carbons (Fsp3) is 0.308. The van der Waals surface area contributed by atoms with Gasteiger partial charge >= 0.3 is 0 Å². The Morgan fingerprint density at radius 1 is 1.35 bits per heavy atom. The normalized spacial score (nSPS) is 11.6. The summed E-state index contributed by atoms with van der Waals surface area (Å²) < 4.78 is 28.2. The van der Waals surface area contributed by atoms with Gasteiger partial charge in [-0.2, -0.15) is 0 Å². The Morgan fingerprint density at radius 3 is 2.60 bits per heavy atom. The number of hydrogen-bond acceptors (Lipinski definition) is 5. The van der Waals surface area contributed by atoms with Crippen molar-refractivity contribution in [3.8, 4) is 0 Å². The Bertz CT molecular complexity index is 719. The summed E-state index contributed by atoms with van der Waals surface area (Å²) in [6.45, 7) is 4.14. The van der Waals surface area contributed by atoms with E-state index in [0.29, 0.717) is 17.3 Å². The maximum absolute atomic E-state index is 11.5. The minimum Gasteiger partial charge on any atom is -0.380 e. The molecule has 0 aliphatic carbocycles. The highest BCUT2D eigenvalue weighted by atomic mass is 35.5. The number of aromatic nitrogens is 1. The molecule has 0 spiro atoms. The van der Waals surface area contributed by atoms with Gasteiger partial charge in [0.2, 0.25) is 0 Å².